The van der Waals surface area contributed by atoms with Crippen LogP contribution in [0, 0.1) is 31.6 Å². The summed E-state index contributed by atoms with van der Waals surface area (Å²) in [6.07, 6.45) is 8.52. The van der Waals surface area contributed by atoms with Crippen molar-refractivity contribution in [2.24, 2.45) is 0 Å². The summed E-state index contributed by atoms with van der Waals surface area (Å²) in [5.41, 5.74) is 6.36. The number of benzene rings is 21. The van der Waals surface area contributed by atoms with Crippen molar-refractivity contribution in [3.8, 4) is 0 Å². The summed E-state index contributed by atoms with van der Waals surface area (Å²) in [7, 11) is 0. The van der Waals surface area contributed by atoms with E-state index in [0.717, 1.165) is 5.92 Å². The molecule has 1 unspecified atom stereocenters. The number of likely N-dealkylation sites (tertiary alicyclic amines) is 1. The molecule has 1 saturated carbocycles. The lowest BCUT2D eigenvalue weighted by molar-refractivity contribution is -0.129. The third kappa shape index (κ3) is 2.61. The maximum absolute atomic E-state index is 17.4. The molecule has 3 aliphatic heterocycles. The van der Waals surface area contributed by atoms with E-state index in [4.69, 9.17) is 0 Å². The summed E-state index contributed by atoms with van der Waals surface area (Å²) in [4.78, 5) is 20.0. The summed E-state index contributed by atoms with van der Waals surface area (Å²) in [6.45, 7) is 0.620. The predicted octanol–water partition coefficient (Wildman–Crippen LogP) is 22.6. The quantitative estimate of drug-likeness (QED) is 0.127. The van der Waals surface area contributed by atoms with Gasteiger partial charge in [-0.1, -0.05) is 83.4 Å². The third-order valence-electron chi connectivity index (χ3n) is 30.4. The molecule has 2 nitrogen and oxygen atoms in total. The van der Waals surface area contributed by atoms with E-state index in [1.54, 1.807) is 313 Å². The van der Waals surface area contributed by atoms with Crippen LogP contribution in [0.5, 0.6) is 0 Å². The van der Waals surface area contributed by atoms with E-state index in [0.29, 0.717) is 6.54 Å². The Labute approximate surface area is 536 Å². The number of rotatable bonds is 2. The molecule has 0 aromatic heterocycles. The molecule has 2 fully saturated rings. The molecule has 31 aromatic rings. The number of hydrogen-bond acceptors (Lipinski definition) is 5. The summed E-state index contributed by atoms with van der Waals surface area (Å²) in [5.74, 6) is 0.981. The Morgan fingerprint density at radius 2 is 0.585 bits per heavy atom. The van der Waals surface area contributed by atoms with Gasteiger partial charge in [0, 0.05) is 17.0 Å². The first-order valence-corrected chi connectivity index (χ1v) is 37.3. The van der Waals surface area contributed by atoms with E-state index in [2.05, 4.69) is 94.7 Å². The first-order valence-electron chi connectivity index (χ1n) is 33.8. The van der Waals surface area contributed by atoms with Gasteiger partial charge in [0.2, 0.25) is 5.91 Å². The molecule has 1 atom stereocenters. The van der Waals surface area contributed by atoms with Gasteiger partial charge in [0.1, 0.15) is 0 Å². The van der Waals surface area contributed by atoms with E-state index in [9.17, 15) is 0 Å². The summed E-state index contributed by atoms with van der Waals surface area (Å²) < 4.78 is 2.67. The molecule has 3 heterocycles. The van der Waals surface area contributed by atoms with Gasteiger partial charge in [0.15, 0.2) is 0 Å². The zero-order valence-corrected chi connectivity index (χ0v) is 51.2. The monoisotopic (exact) mass is 1230 g/mol. The molecular formula is C88H18NOS4. The van der Waals surface area contributed by atoms with Gasteiger partial charge < -0.3 is 4.90 Å². The lowest BCUT2D eigenvalue weighted by Gasteiger charge is -2.51. The van der Waals surface area contributed by atoms with Gasteiger partial charge in [-0.05, 0) is 394 Å². The van der Waals surface area contributed by atoms with Gasteiger partial charge >= 0.3 is 0 Å². The van der Waals surface area contributed by atoms with E-state index in [-0.39, 0.29) is 11.9 Å². The van der Waals surface area contributed by atoms with E-state index < -0.39 is 10.8 Å². The van der Waals surface area contributed by atoms with Gasteiger partial charge in [-0.15, -0.1) is 0 Å². The molecular weight excluding hydrogens is 1220 g/mol. The molecule has 5 aliphatic carbocycles. The Morgan fingerprint density at radius 3 is 0.894 bits per heavy atom. The maximum Gasteiger partial charge on any atom is 0.231 e. The fourth-order valence-electron chi connectivity index (χ4n) is 29.6. The minimum Gasteiger partial charge on any atom is -0.333 e. The second-order valence-corrected chi connectivity index (χ2v) is 35.8. The Balaban J connectivity index is 0.893. The van der Waals surface area contributed by atoms with Crippen molar-refractivity contribution in [2.45, 2.75) is 16.9 Å². The topological polar surface area (TPSA) is 20.3 Å². The Morgan fingerprint density at radius 1 is 0.319 bits per heavy atom. The highest BCUT2D eigenvalue weighted by Gasteiger charge is 2.77. The number of amides is 1. The standard InChI is InChI=1S/C88H18NOS4/c90-84(17-5-1-2-6-17)89-16-87-79-71-63-53-43-35-27-25-26-29-33-31(27)39-47-41(33)51-45-37(29)38-30(26)34-32-28(25)36(35)44-50-40(32)48-42(34)52-46(38)56-55(45)67-61(51)69-59(47)65(57(63)49(39)43)73(79)75(69)81-77(67)78-68(56)62(52)70-60(48)66-58(50)64(54(44)53)72(71)80(87)74(66)76(70)82(78)88(81,87)83(89)18-9-10-21-22(15-18)24(86-93-13-14-94-86)20-8-4-3-7-19(20)23(21)85-91-11-12-92-85/h1-15,83H,16H2. The van der Waals surface area contributed by atoms with Crippen molar-refractivity contribution in [3.05, 3.63) is 134 Å². The molecule has 5 radical (unpaired) electrons. The first-order chi connectivity index (χ1) is 46.8. The van der Waals surface area contributed by atoms with E-state index in [1.807, 2.05) is 47.0 Å². The van der Waals surface area contributed by atoms with Crippen LogP contribution in [0.2, 0.25) is 0 Å². The lowest BCUT2D eigenvalue weighted by atomic mass is 9.47. The fourth-order valence-corrected chi connectivity index (χ4v) is 33.4. The molecule has 94 heavy (non-hydrogen) atoms. The Kier molecular flexibility index (Phi) is 4.40. The Bertz CT molecular complexity index is 9000. The highest BCUT2D eigenvalue weighted by molar-refractivity contribution is 8.35. The molecule has 0 N–H and O–H groups in total. The van der Waals surface area contributed by atoms with Gasteiger partial charge in [-0.3, -0.25) is 4.79 Å². The van der Waals surface area contributed by atoms with Crippen molar-refractivity contribution >= 4 is 374 Å². The van der Waals surface area contributed by atoms with Crippen LogP contribution in [0.4, 0.5) is 0 Å². The van der Waals surface area contributed by atoms with Crippen molar-refractivity contribution in [2.75, 3.05) is 6.54 Å². The smallest absolute Gasteiger partial charge is 0.231 e. The highest BCUT2D eigenvalue weighted by Crippen LogP contribution is 2.87. The maximum atomic E-state index is 17.4. The van der Waals surface area contributed by atoms with Crippen LogP contribution in [0.1, 0.15) is 33.9 Å². The van der Waals surface area contributed by atoms with Crippen LogP contribution in [-0.4, -0.2) is 17.4 Å². The van der Waals surface area contributed by atoms with Crippen LogP contribution in [0.25, 0.3) is 321 Å². The molecule has 1 amide bonds. The zero-order valence-electron chi connectivity index (χ0n) is 47.9. The van der Waals surface area contributed by atoms with Gasteiger partial charge in [0.25, 0.3) is 0 Å². The predicted molar refractivity (Wildman–Crippen MR) is 405 cm³/mol. The second kappa shape index (κ2) is 10.3. The number of nitrogens with zero attached hydrogens (tertiary/aromatic N) is 1. The molecule has 2 spiro atoms. The molecule has 405 valence electrons. The number of carbonyl (C=O) groups excluding carboxylic acids is 1. The SMILES string of the molecule is O=C([C]1[CH][CH][CH][CH]1)N1CC23c4c5c6c7c8c9c(c%10c%11c2c2c4c4c%12c5c5c6c6c8c8c%13c9c9c%10c%10c%11c%11c2c2c4c4c%12c%12c5c5c6c8c6c8c%13c9c9c%10c%10c%11c2c2c4c4c%12c5c6c5c8c9c%10c2c45)C73C1c1ccc2c(=C3SC=CS3)c3ccccc3c(=C3SC=CS3)c2c1. The van der Waals surface area contributed by atoms with Crippen LogP contribution in [0.15, 0.2) is 64.1 Å². The van der Waals surface area contributed by atoms with Crippen LogP contribution in [0.3, 0.4) is 0 Å². The van der Waals surface area contributed by atoms with Gasteiger partial charge in [-0.25, -0.2) is 0 Å². The Hall–Kier alpha value is -9.27. The summed E-state index contributed by atoms with van der Waals surface area (Å²) >= 11 is 7.50. The van der Waals surface area contributed by atoms with Crippen LogP contribution >= 0.6 is 47.0 Å². The fraction of sp³-hybridized carbons (Fsp3) is 0.0455. The van der Waals surface area contributed by atoms with E-state index in [1.165, 1.54) is 46.0 Å². The van der Waals surface area contributed by atoms with Gasteiger partial charge in [-0.2, -0.15) is 0 Å². The minimum absolute atomic E-state index is 0.173. The molecule has 39 rings (SSSR count). The van der Waals surface area contributed by atoms with Crippen molar-refractivity contribution in [1.82, 2.24) is 4.90 Å². The number of fused-ring (bicyclic) bond motifs is 2. The number of hydrogen-bond donors (Lipinski definition) is 0. The molecule has 8 aliphatic rings. The molecule has 1 saturated heterocycles. The van der Waals surface area contributed by atoms with Crippen molar-refractivity contribution in [3.63, 3.8) is 0 Å². The minimum atomic E-state index is -0.713. The average molecular weight is 1230 g/mol. The average Bonchev–Trinajstić information content (AvgIpc) is 1.38. The van der Waals surface area contributed by atoms with Crippen molar-refractivity contribution < 1.29 is 4.79 Å². The lowest BCUT2D eigenvalue weighted by Crippen LogP contribution is -2.52. The van der Waals surface area contributed by atoms with Crippen LogP contribution in [-0.2, 0) is 15.6 Å². The summed E-state index contributed by atoms with van der Waals surface area (Å²) in [6, 6.07) is 16.8. The normalized spacial score (nSPS) is 23.2. The zero-order chi connectivity index (χ0) is 57.1. The number of carbonyl (C=O) groups is 1. The molecule has 31 aromatic carbocycles. The second-order valence-electron chi connectivity index (χ2n) is 31.7. The molecule has 0 bridgehead atoms. The third-order valence-corrected chi connectivity index (χ3v) is 34.7. The van der Waals surface area contributed by atoms with Gasteiger partial charge in [0.05, 0.1) is 31.3 Å². The largest absolute Gasteiger partial charge is 0.333 e. The molecule has 6 heteroatoms. The number of thioether (sulfide) groups is 4. The van der Waals surface area contributed by atoms with E-state index >= 15 is 4.79 Å². The van der Waals surface area contributed by atoms with Crippen LogP contribution < -0.4 is 10.4 Å². The first kappa shape index (κ1) is 40.1. The van der Waals surface area contributed by atoms with Crippen molar-refractivity contribution in [1.29, 1.82) is 0 Å². The summed E-state index contributed by atoms with van der Waals surface area (Å²) in [5, 5.41) is 103. The highest BCUT2D eigenvalue weighted by atomic mass is 32.2.